The average molecular weight is 542 g/mol. The van der Waals surface area contributed by atoms with Gasteiger partial charge in [0.05, 0.1) is 16.8 Å². The van der Waals surface area contributed by atoms with E-state index in [9.17, 15) is 35.5 Å². The van der Waals surface area contributed by atoms with E-state index in [2.05, 4.69) is 9.97 Å². The molecule has 1 amide bonds. The minimum Gasteiger partial charge on any atom is -0.366 e. The van der Waals surface area contributed by atoms with Gasteiger partial charge < -0.3 is 5.73 Å². The second-order valence-corrected chi connectivity index (χ2v) is 9.26. The zero-order valence-electron chi connectivity index (χ0n) is 18.6. The normalized spacial score (nSPS) is 15.5. The molecule has 2 N–H and O–H groups in total. The van der Waals surface area contributed by atoms with Crippen LogP contribution in [-0.4, -0.2) is 39.4 Å². The number of nitrogens with two attached hydrogens (primary N) is 1. The third-order valence-electron chi connectivity index (χ3n) is 5.26. The monoisotopic (exact) mass is 542 g/mol. The van der Waals surface area contributed by atoms with Gasteiger partial charge in [0.1, 0.15) is 6.17 Å². The summed E-state index contributed by atoms with van der Waals surface area (Å²) in [5, 5.41) is 0. The van der Waals surface area contributed by atoms with E-state index in [-0.39, 0.29) is 30.4 Å². The Labute approximate surface area is 210 Å². The van der Waals surface area contributed by atoms with Crippen LogP contribution in [0.4, 0.5) is 30.7 Å². The molecule has 2 heterocycles. The maximum atomic E-state index is 13.2. The maximum Gasteiger partial charge on any atom is 0.416 e. The van der Waals surface area contributed by atoms with Crippen molar-refractivity contribution in [3.63, 3.8) is 0 Å². The zero-order valence-corrected chi connectivity index (χ0v) is 19.5. The first-order chi connectivity index (χ1) is 17.3. The maximum absolute atomic E-state index is 13.2. The number of carbonyl (C=O) groups is 1. The summed E-state index contributed by atoms with van der Waals surface area (Å²) in [6.45, 7) is 0.533. The molecule has 1 aliphatic rings. The molecule has 1 fully saturated rings. The molecule has 0 spiro atoms. The van der Waals surface area contributed by atoms with Crippen LogP contribution in [0.5, 0.6) is 0 Å². The van der Waals surface area contributed by atoms with E-state index in [1.807, 2.05) is 0 Å². The number of halogens is 7. The lowest BCUT2D eigenvalue weighted by molar-refractivity contribution is -0.143. The van der Waals surface area contributed by atoms with Crippen molar-refractivity contribution in [1.29, 1.82) is 0 Å². The number of rotatable bonds is 6. The van der Waals surface area contributed by atoms with Gasteiger partial charge in [-0.25, -0.2) is 18.7 Å². The van der Waals surface area contributed by atoms with Gasteiger partial charge in [-0.2, -0.15) is 26.3 Å². The van der Waals surface area contributed by atoms with Crippen molar-refractivity contribution in [1.82, 2.24) is 14.3 Å². The summed E-state index contributed by atoms with van der Waals surface area (Å²) >= 11 is 1.29. The molecule has 1 aromatic heterocycles. The highest BCUT2D eigenvalue weighted by atomic mass is 32.2. The topological polar surface area (TPSA) is 72.1 Å². The number of carbonyl (C=O) groups excluding carboxylic acids is 1. The summed E-state index contributed by atoms with van der Waals surface area (Å²) in [5.74, 6) is -1.24. The van der Waals surface area contributed by atoms with Crippen LogP contribution in [0.2, 0.25) is 0 Å². The third-order valence-corrected chi connectivity index (χ3v) is 6.28. The van der Waals surface area contributed by atoms with Crippen LogP contribution in [0.3, 0.4) is 0 Å². The van der Waals surface area contributed by atoms with Crippen molar-refractivity contribution in [2.24, 2.45) is 5.73 Å². The Kier molecular flexibility index (Phi) is 7.29. The van der Waals surface area contributed by atoms with Crippen LogP contribution < -0.4 is 5.73 Å². The molecule has 3 aromatic rings. The van der Waals surface area contributed by atoms with Crippen molar-refractivity contribution in [2.75, 3.05) is 13.1 Å². The predicted octanol–water partition coefficient (Wildman–Crippen LogP) is 5.87. The van der Waals surface area contributed by atoms with Gasteiger partial charge in [-0.3, -0.25) is 4.79 Å². The van der Waals surface area contributed by atoms with Gasteiger partial charge in [0.15, 0.2) is 5.82 Å². The van der Waals surface area contributed by atoms with Gasteiger partial charge in [-0.1, -0.05) is 12.1 Å². The van der Waals surface area contributed by atoms with Gasteiger partial charge in [0.2, 0.25) is 5.91 Å². The first kappa shape index (κ1) is 26.6. The fourth-order valence-electron chi connectivity index (χ4n) is 3.45. The molecule has 4 rings (SSSR count). The molecule has 0 saturated carbocycles. The number of hydrogen-bond donors (Lipinski definition) is 1. The Hall–Kier alpha value is -3.45. The van der Waals surface area contributed by atoms with Crippen LogP contribution in [0.25, 0.3) is 23.0 Å². The molecular formula is C24H17F7N4OS. The fraction of sp³-hybridized carbons (Fsp3) is 0.208. The molecule has 194 valence electrons. The van der Waals surface area contributed by atoms with E-state index < -0.39 is 46.9 Å². The Morgan fingerprint density at radius 1 is 1.00 bits per heavy atom. The molecule has 13 heteroatoms. The van der Waals surface area contributed by atoms with Gasteiger partial charge in [0.25, 0.3) is 0 Å². The molecule has 1 aliphatic heterocycles. The summed E-state index contributed by atoms with van der Waals surface area (Å²) in [5.41, 5.74) is 2.46. The Morgan fingerprint density at radius 3 is 2.22 bits per heavy atom. The smallest absolute Gasteiger partial charge is 0.366 e. The summed E-state index contributed by atoms with van der Waals surface area (Å²) in [7, 11) is 0. The zero-order chi connectivity index (χ0) is 27.0. The van der Waals surface area contributed by atoms with Crippen LogP contribution in [0.15, 0.2) is 59.6 Å². The summed E-state index contributed by atoms with van der Waals surface area (Å²) < 4.78 is 94.4. The second-order valence-electron chi connectivity index (χ2n) is 8.09. The van der Waals surface area contributed by atoms with Crippen molar-refractivity contribution in [3.05, 3.63) is 77.1 Å². The molecule has 0 atom stereocenters. The number of amides is 1. The predicted molar refractivity (Wildman–Crippen MR) is 123 cm³/mol. The standard InChI is InChI=1S/C24H17F7N4OS/c25-17-11-35(12-17)37-19-3-1-2-13(8-19)20(21(32)36)10-18-4-5-33-22(34-18)14-6-15(23(26,27)28)9-16(7-14)24(29,30)31/h1-10,17H,11-12H2,(H2,32,36)/b20-10+. The number of hydrogen-bond acceptors (Lipinski definition) is 5. The van der Waals surface area contributed by atoms with Crippen molar-refractivity contribution < 1.29 is 35.5 Å². The van der Waals surface area contributed by atoms with Gasteiger partial charge >= 0.3 is 12.4 Å². The highest BCUT2D eigenvalue weighted by Crippen LogP contribution is 2.38. The van der Waals surface area contributed by atoms with Gasteiger partial charge in [-0.15, -0.1) is 0 Å². The van der Waals surface area contributed by atoms with E-state index in [1.54, 1.807) is 28.6 Å². The second kappa shape index (κ2) is 10.1. The van der Waals surface area contributed by atoms with Crippen molar-refractivity contribution in [2.45, 2.75) is 23.4 Å². The van der Waals surface area contributed by atoms with Gasteiger partial charge in [0, 0.05) is 35.3 Å². The quantitative estimate of drug-likeness (QED) is 0.240. The summed E-state index contributed by atoms with van der Waals surface area (Å²) in [4.78, 5) is 20.8. The van der Waals surface area contributed by atoms with E-state index >= 15 is 0 Å². The van der Waals surface area contributed by atoms with Gasteiger partial charge in [-0.05, 0) is 60.0 Å². The Morgan fingerprint density at radius 2 is 1.65 bits per heavy atom. The van der Waals surface area contributed by atoms with Crippen molar-refractivity contribution in [3.8, 4) is 11.4 Å². The number of benzene rings is 2. The SMILES string of the molecule is NC(=O)/C(=C/c1ccnc(-c2cc(C(F)(F)F)cc(C(F)(F)F)c2)n1)c1cccc(SN2CC(F)C2)c1. The molecule has 37 heavy (non-hydrogen) atoms. The number of primary amides is 1. The Bertz CT molecular complexity index is 1320. The lowest BCUT2D eigenvalue weighted by atomic mass is 10.0. The van der Waals surface area contributed by atoms with Crippen LogP contribution >= 0.6 is 11.9 Å². The van der Waals surface area contributed by atoms with Crippen LogP contribution in [0.1, 0.15) is 22.4 Å². The Balaban J connectivity index is 1.71. The van der Waals surface area contributed by atoms with E-state index in [0.717, 1.165) is 6.20 Å². The lowest BCUT2D eigenvalue weighted by Crippen LogP contribution is -2.43. The van der Waals surface area contributed by atoms with Crippen LogP contribution in [-0.2, 0) is 17.1 Å². The number of nitrogens with zero attached hydrogens (tertiary/aromatic N) is 3. The van der Waals surface area contributed by atoms with E-state index in [1.165, 1.54) is 24.1 Å². The first-order valence-electron chi connectivity index (χ1n) is 10.6. The largest absolute Gasteiger partial charge is 0.416 e. The molecule has 2 aromatic carbocycles. The number of aromatic nitrogens is 2. The highest BCUT2D eigenvalue weighted by molar-refractivity contribution is 7.97. The lowest BCUT2D eigenvalue weighted by Gasteiger charge is -2.32. The number of alkyl halides is 7. The molecule has 0 aliphatic carbocycles. The molecule has 5 nitrogen and oxygen atoms in total. The summed E-state index contributed by atoms with van der Waals surface area (Å²) in [6.07, 6.45) is -8.55. The third kappa shape index (κ3) is 6.46. The molecule has 1 saturated heterocycles. The first-order valence-corrected chi connectivity index (χ1v) is 11.4. The summed E-state index contributed by atoms with van der Waals surface area (Å²) in [6, 6.07) is 9.04. The molecular weight excluding hydrogens is 525 g/mol. The molecule has 0 radical (unpaired) electrons. The van der Waals surface area contributed by atoms with Crippen LogP contribution in [0, 0.1) is 0 Å². The fourth-order valence-corrected chi connectivity index (χ4v) is 4.54. The highest BCUT2D eigenvalue weighted by Gasteiger charge is 2.37. The van der Waals surface area contributed by atoms with E-state index in [4.69, 9.17) is 5.73 Å². The average Bonchev–Trinajstić information content (AvgIpc) is 2.80. The van der Waals surface area contributed by atoms with Crippen molar-refractivity contribution >= 4 is 29.5 Å². The molecule has 0 unspecified atom stereocenters. The minimum absolute atomic E-state index is 0.000833. The van der Waals surface area contributed by atoms with E-state index in [0.29, 0.717) is 22.6 Å². The minimum atomic E-state index is -5.03. The molecule has 0 bridgehead atoms.